The first kappa shape index (κ1) is 18.5. The number of aromatic nitrogens is 1. The van der Waals surface area contributed by atoms with Gasteiger partial charge in [-0.15, -0.1) is 11.3 Å². The molecule has 24 heavy (non-hydrogen) atoms. The second-order valence-electron chi connectivity index (χ2n) is 5.14. The maximum absolute atomic E-state index is 12.0. The zero-order valence-corrected chi connectivity index (χ0v) is 15.5. The maximum Gasteiger partial charge on any atom is 0.250 e. The molecule has 0 amide bonds. The van der Waals surface area contributed by atoms with Crippen molar-refractivity contribution in [1.29, 1.82) is 0 Å². The van der Waals surface area contributed by atoms with Gasteiger partial charge in [0.05, 0.1) is 6.54 Å². The van der Waals surface area contributed by atoms with Gasteiger partial charge < -0.3 is 15.2 Å². The fourth-order valence-corrected chi connectivity index (χ4v) is 4.09. The number of aryl methyl sites for hydroxylation is 1. The first-order valence-corrected chi connectivity index (χ1v) is 10.0. The molecule has 0 radical (unpaired) electrons. The van der Waals surface area contributed by atoms with Crippen molar-refractivity contribution in [1.82, 2.24) is 19.9 Å². The van der Waals surface area contributed by atoms with E-state index in [-0.39, 0.29) is 6.54 Å². The van der Waals surface area contributed by atoms with Crippen molar-refractivity contribution in [2.24, 2.45) is 12.0 Å². The van der Waals surface area contributed by atoms with E-state index in [0.29, 0.717) is 23.3 Å². The van der Waals surface area contributed by atoms with Crippen LogP contribution in [0.3, 0.4) is 0 Å². The van der Waals surface area contributed by atoms with Gasteiger partial charge in [0.25, 0.3) is 0 Å². The Morgan fingerprint density at radius 1 is 1.29 bits per heavy atom. The standard InChI is InChI=1S/C15H23N5O2S2/c1-3-16-15(18-11-13-6-9-20(2)12-13)17-7-8-19-24(21,22)14-5-4-10-23-14/h4-6,9-10,12,19H,3,7-8,11H2,1-2H3,(H2,16,17,18). The lowest BCUT2D eigenvalue weighted by Gasteiger charge is -2.11. The van der Waals surface area contributed by atoms with Crippen LogP contribution in [0, 0.1) is 0 Å². The third kappa shape index (κ3) is 5.66. The number of hydrogen-bond donors (Lipinski definition) is 3. The average Bonchev–Trinajstić information content (AvgIpc) is 3.21. The Hall–Kier alpha value is -1.84. The highest BCUT2D eigenvalue weighted by Gasteiger charge is 2.13. The Bertz CT molecular complexity index is 751. The van der Waals surface area contributed by atoms with Gasteiger partial charge in [-0.1, -0.05) is 6.07 Å². The van der Waals surface area contributed by atoms with Crippen molar-refractivity contribution < 1.29 is 8.42 Å². The summed E-state index contributed by atoms with van der Waals surface area (Å²) in [5, 5.41) is 8.01. The molecule has 0 atom stereocenters. The molecule has 0 aliphatic carbocycles. The van der Waals surface area contributed by atoms with Gasteiger partial charge in [0.2, 0.25) is 10.0 Å². The van der Waals surface area contributed by atoms with Crippen molar-refractivity contribution in [3.8, 4) is 0 Å². The van der Waals surface area contributed by atoms with Crippen LogP contribution in [0.25, 0.3) is 0 Å². The van der Waals surface area contributed by atoms with Gasteiger partial charge in [-0.05, 0) is 30.0 Å². The molecule has 3 N–H and O–H groups in total. The molecule has 9 heteroatoms. The summed E-state index contributed by atoms with van der Waals surface area (Å²) in [6.45, 7) is 4.03. The first-order valence-electron chi connectivity index (χ1n) is 7.67. The molecule has 0 spiro atoms. The summed E-state index contributed by atoms with van der Waals surface area (Å²) in [4.78, 5) is 4.49. The third-order valence-corrected chi connectivity index (χ3v) is 5.99. The number of nitrogens with zero attached hydrogens (tertiary/aromatic N) is 2. The van der Waals surface area contributed by atoms with Crippen molar-refractivity contribution >= 4 is 27.3 Å². The second-order valence-corrected chi connectivity index (χ2v) is 8.08. The summed E-state index contributed by atoms with van der Waals surface area (Å²) in [5.41, 5.74) is 1.12. The van der Waals surface area contributed by atoms with Gasteiger partial charge in [0, 0.05) is 39.1 Å². The van der Waals surface area contributed by atoms with E-state index in [1.165, 1.54) is 11.3 Å². The van der Waals surface area contributed by atoms with Crippen molar-refractivity contribution in [3.05, 3.63) is 41.5 Å². The maximum atomic E-state index is 12.0. The average molecular weight is 370 g/mol. The van der Waals surface area contributed by atoms with E-state index >= 15 is 0 Å². The topological polar surface area (TPSA) is 87.5 Å². The quantitative estimate of drug-likeness (QED) is 0.370. The molecule has 0 bridgehead atoms. The van der Waals surface area contributed by atoms with Gasteiger partial charge in [-0.25, -0.2) is 18.1 Å². The Labute approximate surface area is 146 Å². The normalized spacial score (nSPS) is 12.3. The molecule has 0 saturated carbocycles. The molecular weight excluding hydrogens is 346 g/mol. The minimum Gasteiger partial charge on any atom is -0.357 e. The van der Waals surface area contributed by atoms with Crippen LogP contribution in [0.1, 0.15) is 12.5 Å². The van der Waals surface area contributed by atoms with E-state index in [2.05, 4.69) is 20.3 Å². The molecule has 0 fully saturated rings. The van der Waals surface area contributed by atoms with Gasteiger partial charge in [0.1, 0.15) is 4.21 Å². The van der Waals surface area contributed by atoms with Gasteiger partial charge in [-0.2, -0.15) is 0 Å². The molecule has 0 aromatic carbocycles. The molecule has 2 heterocycles. The van der Waals surface area contributed by atoms with Crippen molar-refractivity contribution in [2.75, 3.05) is 19.6 Å². The fourth-order valence-electron chi connectivity index (χ4n) is 2.02. The highest BCUT2D eigenvalue weighted by molar-refractivity contribution is 7.91. The zero-order valence-electron chi connectivity index (χ0n) is 13.8. The van der Waals surface area contributed by atoms with E-state index in [9.17, 15) is 8.42 Å². The summed E-state index contributed by atoms with van der Waals surface area (Å²) in [6.07, 6.45) is 3.99. The summed E-state index contributed by atoms with van der Waals surface area (Å²) >= 11 is 1.20. The summed E-state index contributed by atoms with van der Waals surface area (Å²) in [6, 6.07) is 5.32. The Kier molecular flexibility index (Phi) is 6.83. The monoisotopic (exact) mass is 369 g/mol. The van der Waals surface area contributed by atoms with Crippen molar-refractivity contribution in [2.45, 2.75) is 17.7 Å². The number of aliphatic imine (C=N–C) groups is 1. The molecule has 2 aromatic heterocycles. The SMILES string of the molecule is CCNC(=NCc1ccn(C)c1)NCCNS(=O)(=O)c1cccs1. The molecule has 0 aliphatic rings. The highest BCUT2D eigenvalue weighted by Crippen LogP contribution is 2.14. The van der Waals surface area contributed by atoms with E-state index < -0.39 is 10.0 Å². The Morgan fingerprint density at radius 2 is 2.12 bits per heavy atom. The van der Waals surface area contributed by atoms with Crippen LogP contribution in [0.5, 0.6) is 0 Å². The molecule has 132 valence electrons. The number of guanidine groups is 1. The van der Waals surface area contributed by atoms with Crippen LogP contribution in [0.2, 0.25) is 0 Å². The summed E-state index contributed by atoms with van der Waals surface area (Å²) in [5.74, 6) is 0.664. The van der Waals surface area contributed by atoms with Gasteiger partial charge in [0.15, 0.2) is 5.96 Å². The summed E-state index contributed by atoms with van der Waals surface area (Å²) in [7, 11) is -1.45. The highest BCUT2D eigenvalue weighted by atomic mass is 32.2. The van der Waals surface area contributed by atoms with Crippen LogP contribution < -0.4 is 15.4 Å². The number of sulfonamides is 1. The van der Waals surface area contributed by atoms with Crippen LogP contribution in [0.4, 0.5) is 0 Å². The van der Waals surface area contributed by atoms with Gasteiger partial charge >= 0.3 is 0 Å². The number of nitrogens with one attached hydrogen (secondary N) is 3. The molecular formula is C15H23N5O2S2. The molecule has 0 saturated heterocycles. The number of thiophene rings is 1. The third-order valence-electron chi connectivity index (χ3n) is 3.13. The molecule has 2 rings (SSSR count). The molecule has 0 unspecified atom stereocenters. The lowest BCUT2D eigenvalue weighted by molar-refractivity contribution is 0.582. The van der Waals surface area contributed by atoms with E-state index in [1.807, 2.05) is 37.0 Å². The van der Waals surface area contributed by atoms with Gasteiger partial charge in [-0.3, -0.25) is 0 Å². The minimum absolute atomic E-state index is 0.288. The Morgan fingerprint density at radius 3 is 2.75 bits per heavy atom. The fraction of sp³-hybridized carbons (Fsp3) is 0.400. The summed E-state index contributed by atoms with van der Waals surface area (Å²) < 4.78 is 28.9. The van der Waals surface area contributed by atoms with Crippen LogP contribution in [0.15, 0.2) is 45.2 Å². The second kappa shape index (κ2) is 8.86. The van der Waals surface area contributed by atoms with Crippen LogP contribution in [-0.4, -0.2) is 38.6 Å². The number of rotatable bonds is 8. The smallest absolute Gasteiger partial charge is 0.250 e. The molecule has 0 aliphatic heterocycles. The van der Waals surface area contributed by atoms with E-state index in [4.69, 9.17) is 0 Å². The number of hydrogen-bond acceptors (Lipinski definition) is 4. The Balaban J connectivity index is 1.81. The molecule has 7 nitrogen and oxygen atoms in total. The lowest BCUT2D eigenvalue weighted by atomic mass is 10.3. The van der Waals surface area contributed by atoms with E-state index in [1.54, 1.807) is 17.5 Å². The van der Waals surface area contributed by atoms with E-state index in [0.717, 1.165) is 12.1 Å². The van der Waals surface area contributed by atoms with Crippen LogP contribution >= 0.6 is 11.3 Å². The predicted octanol–water partition coefficient (Wildman–Crippen LogP) is 1.12. The van der Waals surface area contributed by atoms with Crippen molar-refractivity contribution in [3.63, 3.8) is 0 Å². The van der Waals surface area contributed by atoms with Crippen LogP contribution in [-0.2, 0) is 23.6 Å². The zero-order chi connectivity index (χ0) is 17.4. The molecule has 2 aromatic rings. The first-order chi connectivity index (χ1) is 11.5. The minimum atomic E-state index is -3.41. The predicted molar refractivity (Wildman–Crippen MR) is 97.7 cm³/mol. The lowest BCUT2D eigenvalue weighted by Crippen LogP contribution is -2.41. The largest absolute Gasteiger partial charge is 0.357 e.